The highest BCUT2D eigenvalue weighted by molar-refractivity contribution is 8.31. The van der Waals surface area contributed by atoms with Crippen molar-refractivity contribution in [3.63, 3.8) is 0 Å². The molecule has 0 amide bonds. The molecule has 40 valence electrons. The Labute approximate surface area is 44.1 Å². The minimum Gasteiger partial charge on any atom is -0.412 e. The summed E-state index contributed by atoms with van der Waals surface area (Å²) < 4.78 is 18.3. The van der Waals surface area contributed by atoms with Crippen molar-refractivity contribution < 1.29 is 13.9 Å². The van der Waals surface area contributed by atoms with Crippen molar-refractivity contribution in [3.05, 3.63) is 0 Å². The molecule has 0 spiro atoms. The quantitative estimate of drug-likeness (QED) is 0.455. The molecule has 0 aromatic rings. The smallest absolute Gasteiger partial charge is 0.317 e. The lowest BCUT2D eigenvalue weighted by atomic mass is 15.9. The van der Waals surface area contributed by atoms with Gasteiger partial charge in [-0.15, -0.1) is 0 Å². The minimum absolute atomic E-state index is 0. The van der Waals surface area contributed by atoms with Gasteiger partial charge in [-0.2, -0.15) is 8.42 Å². The van der Waals surface area contributed by atoms with Crippen molar-refractivity contribution in [2.75, 3.05) is 0 Å². The number of rotatable bonds is 0. The summed E-state index contributed by atoms with van der Waals surface area (Å²) in [6.45, 7) is 0. The molecular formula is H2Cl2O3S. The van der Waals surface area contributed by atoms with Crippen LogP contribution in [-0.2, 0) is 8.26 Å². The van der Waals surface area contributed by atoms with Crippen molar-refractivity contribution in [1.29, 1.82) is 0 Å². The van der Waals surface area contributed by atoms with E-state index in [0.717, 1.165) is 0 Å². The molecule has 0 aliphatic rings. The molecule has 6 heteroatoms. The van der Waals surface area contributed by atoms with Gasteiger partial charge in [-0.05, 0) is 0 Å². The summed E-state index contributed by atoms with van der Waals surface area (Å²) in [6.07, 6.45) is 0. The summed E-state index contributed by atoms with van der Waals surface area (Å²) in [5, 5.41) is 0. The standard InChI is InChI=1S/Cl2O2S.H2O/c1-5(2,3)4;/h;1H2. The van der Waals surface area contributed by atoms with Gasteiger partial charge >= 0.3 is 8.26 Å². The van der Waals surface area contributed by atoms with Gasteiger partial charge in [0.15, 0.2) is 0 Å². The molecule has 0 aliphatic heterocycles. The fourth-order valence-electron chi connectivity index (χ4n) is 0. The fourth-order valence-corrected chi connectivity index (χ4v) is 0. The largest absolute Gasteiger partial charge is 0.412 e. The van der Waals surface area contributed by atoms with Crippen LogP contribution < -0.4 is 0 Å². The summed E-state index contributed by atoms with van der Waals surface area (Å²) >= 11 is 0. The summed E-state index contributed by atoms with van der Waals surface area (Å²) in [5.41, 5.74) is 0. The molecule has 0 aromatic carbocycles. The van der Waals surface area contributed by atoms with Crippen molar-refractivity contribution in [2.24, 2.45) is 0 Å². The van der Waals surface area contributed by atoms with Crippen molar-refractivity contribution in [1.82, 2.24) is 0 Å². The Morgan fingerprint density at radius 1 is 1.17 bits per heavy atom. The third kappa shape index (κ3) is 228. The zero-order valence-corrected chi connectivity index (χ0v) is 4.81. The topological polar surface area (TPSA) is 65.6 Å². The first-order chi connectivity index (χ1) is 2.00. The fraction of sp³-hybridized carbons (Fsp3) is 0. The third-order valence-electron chi connectivity index (χ3n) is 0. The van der Waals surface area contributed by atoms with E-state index in [1.54, 1.807) is 0 Å². The lowest BCUT2D eigenvalue weighted by Gasteiger charge is -1.61. The van der Waals surface area contributed by atoms with Crippen LogP contribution in [0.3, 0.4) is 0 Å². The maximum absolute atomic E-state index is 9.16. The zero-order chi connectivity index (χ0) is 4.50. The molecular weight excluding hydrogens is 151 g/mol. The molecule has 3 nitrogen and oxygen atoms in total. The van der Waals surface area contributed by atoms with Crippen LogP contribution in [0.15, 0.2) is 0 Å². The Bertz CT molecular complexity index is 92.0. The highest BCUT2D eigenvalue weighted by atomic mass is 36.0. The van der Waals surface area contributed by atoms with Gasteiger partial charge in [0.2, 0.25) is 0 Å². The molecule has 0 rings (SSSR count). The van der Waals surface area contributed by atoms with Gasteiger partial charge in [-0.3, -0.25) is 0 Å². The Morgan fingerprint density at radius 3 is 1.17 bits per heavy atom. The van der Waals surface area contributed by atoms with E-state index in [1.807, 2.05) is 0 Å². The van der Waals surface area contributed by atoms with Crippen LogP contribution in [0.1, 0.15) is 0 Å². The predicted molar refractivity (Wildman–Crippen MR) is 24.2 cm³/mol. The summed E-state index contributed by atoms with van der Waals surface area (Å²) in [7, 11) is 4.81. The zero-order valence-electron chi connectivity index (χ0n) is 2.48. The maximum atomic E-state index is 9.16. The van der Waals surface area contributed by atoms with Gasteiger partial charge in [0.1, 0.15) is 0 Å². The Kier molecular flexibility index (Phi) is 4.25. The molecule has 6 heavy (non-hydrogen) atoms. The van der Waals surface area contributed by atoms with E-state index in [9.17, 15) is 0 Å². The van der Waals surface area contributed by atoms with Crippen LogP contribution in [0.5, 0.6) is 0 Å². The maximum Gasteiger partial charge on any atom is 0.317 e. The van der Waals surface area contributed by atoms with E-state index in [2.05, 4.69) is 21.4 Å². The molecule has 0 fully saturated rings. The van der Waals surface area contributed by atoms with Crippen LogP contribution in [-0.4, -0.2) is 13.9 Å². The van der Waals surface area contributed by atoms with Gasteiger partial charge in [0.25, 0.3) is 0 Å². The molecule has 0 saturated carbocycles. The Balaban J connectivity index is 0. The number of hydrogen-bond acceptors (Lipinski definition) is 2. The Hall–Kier alpha value is 0.490. The molecule has 0 atom stereocenters. The van der Waals surface area contributed by atoms with Crippen LogP contribution in [0.2, 0.25) is 0 Å². The first-order valence-corrected chi connectivity index (χ1v) is 3.78. The molecule has 0 bridgehead atoms. The Morgan fingerprint density at radius 2 is 1.17 bits per heavy atom. The molecule has 0 heterocycles. The molecule has 0 aromatic heterocycles. The molecule has 2 N–H and O–H groups in total. The second-order valence-electron chi connectivity index (χ2n) is 0.378. The lowest BCUT2D eigenvalue weighted by Crippen LogP contribution is -1.63. The van der Waals surface area contributed by atoms with E-state index in [-0.39, 0.29) is 5.48 Å². The second kappa shape index (κ2) is 2.63. The highest BCUT2D eigenvalue weighted by Crippen LogP contribution is 1.98. The average molecular weight is 153 g/mol. The van der Waals surface area contributed by atoms with Gasteiger partial charge in [0.05, 0.1) is 0 Å². The predicted octanol–water partition coefficient (Wildman–Crippen LogP) is -0.116. The van der Waals surface area contributed by atoms with Crippen LogP contribution in [0.4, 0.5) is 0 Å². The monoisotopic (exact) mass is 152 g/mol. The van der Waals surface area contributed by atoms with Crippen LogP contribution in [0, 0.1) is 0 Å². The molecule has 0 unspecified atom stereocenters. The minimum atomic E-state index is -3.72. The van der Waals surface area contributed by atoms with Crippen molar-refractivity contribution in [3.8, 4) is 0 Å². The third-order valence-corrected chi connectivity index (χ3v) is 0. The van der Waals surface area contributed by atoms with E-state index >= 15 is 0 Å². The summed E-state index contributed by atoms with van der Waals surface area (Å²) in [6, 6.07) is 0. The van der Waals surface area contributed by atoms with Gasteiger partial charge in [-0.1, -0.05) is 0 Å². The van der Waals surface area contributed by atoms with Crippen molar-refractivity contribution in [2.45, 2.75) is 0 Å². The number of halogens is 2. The normalized spacial score (nSPS) is 9.67. The van der Waals surface area contributed by atoms with E-state index in [4.69, 9.17) is 8.42 Å². The van der Waals surface area contributed by atoms with Gasteiger partial charge in [0, 0.05) is 21.4 Å². The van der Waals surface area contributed by atoms with Crippen LogP contribution in [0.25, 0.3) is 0 Å². The van der Waals surface area contributed by atoms with E-state index in [1.165, 1.54) is 0 Å². The molecule has 0 saturated heterocycles. The van der Waals surface area contributed by atoms with E-state index in [0.29, 0.717) is 0 Å². The molecule has 0 radical (unpaired) electrons. The van der Waals surface area contributed by atoms with Gasteiger partial charge < -0.3 is 5.48 Å². The molecule has 0 aliphatic carbocycles. The summed E-state index contributed by atoms with van der Waals surface area (Å²) in [5.74, 6) is 0. The number of hydrogen-bond donors (Lipinski definition) is 0. The van der Waals surface area contributed by atoms with Gasteiger partial charge in [-0.25, -0.2) is 0 Å². The highest BCUT2D eigenvalue weighted by Gasteiger charge is 1.88. The first kappa shape index (κ1) is 9.70. The lowest BCUT2D eigenvalue weighted by molar-refractivity contribution is 0.621. The second-order valence-corrected chi connectivity index (χ2v) is 4.05. The van der Waals surface area contributed by atoms with Crippen molar-refractivity contribution >= 4 is 29.6 Å². The average Bonchev–Trinajstić information content (AvgIpc) is 0.722. The first-order valence-electron chi connectivity index (χ1n) is 0.642. The van der Waals surface area contributed by atoms with Crippen LogP contribution >= 0.6 is 21.4 Å². The SMILES string of the molecule is O.O=S(=O)(Cl)Cl. The summed E-state index contributed by atoms with van der Waals surface area (Å²) in [4.78, 5) is 0. The van der Waals surface area contributed by atoms with E-state index < -0.39 is 8.26 Å².